The van der Waals surface area contributed by atoms with Gasteiger partial charge >= 0.3 is 0 Å². The first-order valence-electron chi connectivity index (χ1n) is 9.78. The lowest BCUT2D eigenvalue weighted by Crippen LogP contribution is -2.48. The van der Waals surface area contributed by atoms with Crippen molar-refractivity contribution in [1.29, 1.82) is 0 Å². The standard InChI is InChI=1S/C20H31FN2O4/c1-25-20-5-4-16(11-19(20)21)12-22-6-8-23(9-7-22)13-17(24)14-26-15-18-3-2-10-27-18/h4-5,11,17-18,24H,2-3,6-10,12-15H2,1H3. The lowest BCUT2D eigenvalue weighted by atomic mass is 10.1. The smallest absolute Gasteiger partial charge is 0.165 e. The SMILES string of the molecule is COc1ccc(CN2CCN(CC(O)COCC3CCCO3)CC2)cc1F. The Hall–Kier alpha value is -1.25. The van der Waals surface area contributed by atoms with E-state index >= 15 is 0 Å². The number of benzene rings is 1. The van der Waals surface area contributed by atoms with Crippen molar-refractivity contribution in [3.8, 4) is 5.75 Å². The van der Waals surface area contributed by atoms with Gasteiger partial charge in [-0.25, -0.2) is 4.39 Å². The van der Waals surface area contributed by atoms with Crippen LogP contribution in [-0.2, 0) is 16.0 Å². The number of hydrogen-bond acceptors (Lipinski definition) is 6. The number of ether oxygens (including phenoxy) is 3. The molecule has 2 saturated heterocycles. The van der Waals surface area contributed by atoms with Crippen LogP contribution < -0.4 is 4.74 Å². The molecule has 0 bridgehead atoms. The number of rotatable bonds is 9. The van der Waals surface area contributed by atoms with Crippen molar-refractivity contribution in [2.45, 2.75) is 31.6 Å². The van der Waals surface area contributed by atoms with Gasteiger partial charge < -0.3 is 19.3 Å². The molecule has 0 radical (unpaired) electrons. The summed E-state index contributed by atoms with van der Waals surface area (Å²) in [7, 11) is 1.47. The molecule has 1 aromatic rings. The molecule has 0 spiro atoms. The summed E-state index contributed by atoms with van der Waals surface area (Å²) in [6.07, 6.45) is 1.87. The van der Waals surface area contributed by atoms with E-state index in [1.165, 1.54) is 7.11 Å². The minimum absolute atomic E-state index is 0.198. The highest BCUT2D eigenvalue weighted by Crippen LogP contribution is 2.19. The summed E-state index contributed by atoms with van der Waals surface area (Å²) >= 11 is 0. The first kappa shape index (κ1) is 20.5. The Bertz CT molecular complexity index is 575. The minimum atomic E-state index is -0.478. The number of nitrogens with zero attached hydrogens (tertiary/aromatic N) is 2. The zero-order chi connectivity index (χ0) is 19.1. The van der Waals surface area contributed by atoms with E-state index in [-0.39, 0.29) is 17.7 Å². The van der Waals surface area contributed by atoms with Crippen molar-refractivity contribution >= 4 is 0 Å². The molecule has 2 aliphatic heterocycles. The van der Waals surface area contributed by atoms with Gasteiger partial charge in [0.1, 0.15) is 0 Å². The average molecular weight is 382 g/mol. The number of methoxy groups -OCH3 is 1. The summed E-state index contributed by atoms with van der Waals surface area (Å²) in [6.45, 7) is 6.67. The Morgan fingerprint density at radius 1 is 1.26 bits per heavy atom. The van der Waals surface area contributed by atoms with Crippen molar-refractivity contribution in [1.82, 2.24) is 9.80 Å². The van der Waals surface area contributed by atoms with Crippen LogP contribution >= 0.6 is 0 Å². The number of halogens is 1. The molecule has 2 aliphatic rings. The molecular formula is C20H31FN2O4. The Kier molecular flexibility index (Phi) is 7.84. The zero-order valence-electron chi connectivity index (χ0n) is 16.1. The second-order valence-corrected chi connectivity index (χ2v) is 7.37. The fraction of sp³-hybridized carbons (Fsp3) is 0.700. The summed E-state index contributed by atoms with van der Waals surface area (Å²) < 4.78 is 29.9. The second-order valence-electron chi connectivity index (χ2n) is 7.37. The average Bonchev–Trinajstić information content (AvgIpc) is 3.17. The number of hydrogen-bond donors (Lipinski definition) is 1. The third-order valence-corrected chi connectivity index (χ3v) is 5.19. The molecule has 1 aromatic carbocycles. The predicted octanol–water partition coefficient (Wildman–Crippen LogP) is 1.51. The Morgan fingerprint density at radius 2 is 2.04 bits per heavy atom. The van der Waals surface area contributed by atoms with E-state index in [4.69, 9.17) is 14.2 Å². The molecule has 6 nitrogen and oxygen atoms in total. The summed E-state index contributed by atoms with van der Waals surface area (Å²) in [6, 6.07) is 5.12. The Morgan fingerprint density at radius 3 is 2.70 bits per heavy atom. The quantitative estimate of drug-likeness (QED) is 0.699. The molecule has 7 heteroatoms. The van der Waals surface area contributed by atoms with E-state index in [1.54, 1.807) is 12.1 Å². The van der Waals surface area contributed by atoms with Crippen molar-refractivity contribution in [3.05, 3.63) is 29.6 Å². The monoisotopic (exact) mass is 382 g/mol. The van der Waals surface area contributed by atoms with E-state index < -0.39 is 6.10 Å². The molecule has 0 aromatic heterocycles. The van der Waals surface area contributed by atoms with Crippen LogP contribution in [0.3, 0.4) is 0 Å². The molecule has 2 atom stereocenters. The summed E-state index contributed by atoms with van der Waals surface area (Å²) in [5.41, 5.74) is 0.948. The van der Waals surface area contributed by atoms with Gasteiger partial charge in [-0.05, 0) is 30.5 Å². The van der Waals surface area contributed by atoms with E-state index in [9.17, 15) is 9.50 Å². The molecule has 152 valence electrons. The lowest BCUT2D eigenvalue weighted by molar-refractivity contribution is -0.0287. The maximum atomic E-state index is 13.8. The van der Waals surface area contributed by atoms with Crippen molar-refractivity contribution in [2.75, 3.05) is 59.7 Å². The van der Waals surface area contributed by atoms with Crippen LogP contribution in [0.5, 0.6) is 5.75 Å². The van der Waals surface area contributed by atoms with Gasteiger partial charge in [0, 0.05) is 45.9 Å². The summed E-state index contributed by atoms with van der Waals surface area (Å²) in [5.74, 6) is -0.0426. The fourth-order valence-corrected chi connectivity index (χ4v) is 3.66. The maximum Gasteiger partial charge on any atom is 0.165 e. The van der Waals surface area contributed by atoms with Crippen LogP contribution in [0.2, 0.25) is 0 Å². The van der Waals surface area contributed by atoms with Gasteiger partial charge in [0.2, 0.25) is 0 Å². The number of aliphatic hydroxyl groups excluding tert-OH is 1. The largest absolute Gasteiger partial charge is 0.494 e. The zero-order valence-corrected chi connectivity index (χ0v) is 16.1. The van der Waals surface area contributed by atoms with Gasteiger partial charge in [-0.3, -0.25) is 9.80 Å². The van der Waals surface area contributed by atoms with Crippen LogP contribution in [-0.4, -0.2) is 86.8 Å². The highest BCUT2D eigenvalue weighted by atomic mass is 19.1. The van der Waals surface area contributed by atoms with Gasteiger partial charge in [-0.1, -0.05) is 6.07 Å². The highest BCUT2D eigenvalue weighted by molar-refractivity contribution is 5.29. The number of piperazine rings is 1. The van der Waals surface area contributed by atoms with E-state index in [2.05, 4.69) is 9.80 Å². The van der Waals surface area contributed by atoms with Crippen LogP contribution in [0.4, 0.5) is 4.39 Å². The van der Waals surface area contributed by atoms with Gasteiger partial charge in [0.05, 0.1) is 32.5 Å². The summed E-state index contributed by atoms with van der Waals surface area (Å²) in [5, 5.41) is 10.2. The third kappa shape index (κ3) is 6.40. The van der Waals surface area contributed by atoms with Crippen LogP contribution in [0.15, 0.2) is 18.2 Å². The second kappa shape index (κ2) is 10.3. The number of aliphatic hydroxyl groups is 1. The first-order chi connectivity index (χ1) is 13.1. The molecule has 0 saturated carbocycles. The van der Waals surface area contributed by atoms with E-state index in [0.717, 1.165) is 57.7 Å². The van der Waals surface area contributed by atoms with E-state index in [1.807, 2.05) is 6.07 Å². The number of β-amino-alcohol motifs (C(OH)–C–C–N with tert-alkyl or cyclic N) is 1. The lowest BCUT2D eigenvalue weighted by Gasteiger charge is -2.35. The molecule has 0 amide bonds. The molecule has 2 heterocycles. The molecular weight excluding hydrogens is 351 g/mol. The molecule has 27 heavy (non-hydrogen) atoms. The highest BCUT2D eigenvalue weighted by Gasteiger charge is 2.21. The van der Waals surface area contributed by atoms with Gasteiger partial charge in [-0.15, -0.1) is 0 Å². The van der Waals surface area contributed by atoms with Gasteiger partial charge in [0.15, 0.2) is 11.6 Å². The summed E-state index contributed by atoms with van der Waals surface area (Å²) in [4.78, 5) is 4.56. The molecule has 2 unspecified atom stereocenters. The molecule has 2 fully saturated rings. The molecule has 0 aliphatic carbocycles. The third-order valence-electron chi connectivity index (χ3n) is 5.19. The predicted molar refractivity (Wildman–Crippen MR) is 100 cm³/mol. The van der Waals surface area contributed by atoms with Gasteiger partial charge in [0.25, 0.3) is 0 Å². The topological polar surface area (TPSA) is 54.4 Å². The Labute approximate surface area is 160 Å². The van der Waals surface area contributed by atoms with Crippen LogP contribution in [0, 0.1) is 5.82 Å². The van der Waals surface area contributed by atoms with Crippen molar-refractivity contribution in [3.63, 3.8) is 0 Å². The normalized spacial score (nSPS) is 22.9. The van der Waals surface area contributed by atoms with Crippen molar-refractivity contribution < 1.29 is 23.7 Å². The van der Waals surface area contributed by atoms with Crippen LogP contribution in [0.25, 0.3) is 0 Å². The maximum absolute atomic E-state index is 13.8. The molecule has 3 rings (SSSR count). The minimum Gasteiger partial charge on any atom is -0.494 e. The van der Waals surface area contributed by atoms with Gasteiger partial charge in [-0.2, -0.15) is 0 Å². The van der Waals surface area contributed by atoms with Crippen LogP contribution in [0.1, 0.15) is 18.4 Å². The Balaban J connectivity index is 1.32. The van der Waals surface area contributed by atoms with E-state index in [0.29, 0.717) is 19.8 Å². The first-order valence-corrected chi connectivity index (χ1v) is 9.78. The molecule has 1 N–H and O–H groups in total. The van der Waals surface area contributed by atoms with Crippen molar-refractivity contribution in [2.24, 2.45) is 0 Å². The fourth-order valence-electron chi connectivity index (χ4n) is 3.66.